The maximum Gasteiger partial charge on any atom is 0.255 e. The molecule has 0 aliphatic rings. The lowest BCUT2D eigenvalue weighted by atomic mass is 10.0. The number of aromatic nitrogens is 2. The number of hydrogen-bond donors (Lipinski definition) is 1. The Bertz CT molecular complexity index is 859. The fourth-order valence-electron chi connectivity index (χ4n) is 2.64. The number of nitrogens with zero attached hydrogens (tertiary/aromatic N) is 2. The van der Waals surface area contributed by atoms with E-state index in [1.54, 1.807) is 17.5 Å². The molecule has 0 fully saturated rings. The van der Waals surface area contributed by atoms with E-state index in [-0.39, 0.29) is 11.9 Å². The summed E-state index contributed by atoms with van der Waals surface area (Å²) in [6, 6.07) is 12.1. The van der Waals surface area contributed by atoms with Crippen LogP contribution in [0.2, 0.25) is 0 Å². The molecule has 0 radical (unpaired) electrons. The Hall–Kier alpha value is -2.53. The summed E-state index contributed by atoms with van der Waals surface area (Å²) in [5.74, 6) is 0.505. The van der Waals surface area contributed by atoms with E-state index in [4.69, 9.17) is 0 Å². The highest BCUT2D eigenvalue weighted by atomic mass is 32.1. The smallest absolute Gasteiger partial charge is 0.255 e. The van der Waals surface area contributed by atoms with Crippen LogP contribution in [0.4, 0.5) is 0 Å². The van der Waals surface area contributed by atoms with Gasteiger partial charge in [-0.1, -0.05) is 35.9 Å². The third-order valence-electron chi connectivity index (χ3n) is 3.82. The predicted octanol–water partition coefficient (Wildman–Crippen LogP) is 3.98. The summed E-state index contributed by atoms with van der Waals surface area (Å²) in [6.07, 6.45) is 1.59. The van der Waals surface area contributed by atoms with Gasteiger partial charge in [-0.2, -0.15) is 0 Å². The van der Waals surface area contributed by atoms with E-state index in [0.29, 0.717) is 17.1 Å². The Morgan fingerprint density at radius 2 is 2.00 bits per heavy atom. The molecule has 1 N–H and O–H groups in total. The lowest BCUT2D eigenvalue weighted by molar-refractivity contribution is 0.0942. The lowest BCUT2D eigenvalue weighted by Gasteiger charge is -2.19. The van der Waals surface area contributed by atoms with Crippen molar-refractivity contribution in [3.05, 3.63) is 81.1 Å². The molecular weight excluding hydrogens is 318 g/mol. The first-order chi connectivity index (χ1) is 11.5. The first kappa shape index (κ1) is 16.3. The van der Waals surface area contributed by atoms with Crippen molar-refractivity contribution in [1.82, 2.24) is 15.3 Å². The number of nitrogens with one attached hydrogen (secondary N) is 1. The van der Waals surface area contributed by atoms with Gasteiger partial charge in [0.05, 0.1) is 17.3 Å². The van der Waals surface area contributed by atoms with E-state index in [0.717, 1.165) is 16.0 Å². The van der Waals surface area contributed by atoms with Crippen LogP contribution in [0.1, 0.15) is 43.9 Å². The number of rotatable bonds is 4. The minimum atomic E-state index is -0.182. The number of benzene rings is 1. The van der Waals surface area contributed by atoms with Crippen molar-refractivity contribution in [2.45, 2.75) is 26.8 Å². The van der Waals surface area contributed by atoms with Crippen LogP contribution in [-0.2, 0) is 0 Å². The summed E-state index contributed by atoms with van der Waals surface area (Å²) >= 11 is 1.63. The van der Waals surface area contributed by atoms with Crippen molar-refractivity contribution in [3.63, 3.8) is 0 Å². The van der Waals surface area contributed by atoms with Crippen molar-refractivity contribution in [3.8, 4) is 0 Å². The number of carbonyl (C=O) groups excluding carboxylic acids is 1. The van der Waals surface area contributed by atoms with E-state index >= 15 is 0 Å². The molecule has 0 unspecified atom stereocenters. The van der Waals surface area contributed by atoms with Gasteiger partial charge >= 0.3 is 0 Å². The Balaban J connectivity index is 1.94. The van der Waals surface area contributed by atoms with E-state index in [9.17, 15) is 4.79 Å². The molecule has 3 aromatic rings. The largest absolute Gasteiger partial charge is 0.340 e. The van der Waals surface area contributed by atoms with Gasteiger partial charge in [0.15, 0.2) is 0 Å². The molecule has 0 bridgehead atoms. The fraction of sp³-hybridized carbons (Fsp3) is 0.211. The molecule has 1 amide bonds. The van der Waals surface area contributed by atoms with Crippen LogP contribution in [0.15, 0.2) is 48.0 Å². The average molecular weight is 337 g/mol. The van der Waals surface area contributed by atoms with Crippen molar-refractivity contribution >= 4 is 17.2 Å². The molecule has 0 spiro atoms. The molecule has 24 heavy (non-hydrogen) atoms. The van der Waals surface area contributed by atoms with E-state index < -0.39 is 0 Å². The topological polar surface area (TPSA) is 54.9 Å². The van der Waals surface area contributed by atoms with Crippen LogP contribution in [-0.4, -0.2) is 15.9 Å². The van der Waals surface area contributed by atoms with Crippen molar-refractivity contribution < 1.29 is 4.79 Å². The minimum absolute atomic E-state index is 0.160. The lowest BCUT2D eigenvalue weighted by Crippen LogP contribution is -2.29. The van der Waals surface area contributed by atoms with Gasteiger partial charge in [0.25, 0.3) is 5.91 Å². The highest BCUT2D eigenvalue weighted by Crippen LogP contribution is 2.27. The molecular formula is C19H19N3OS. The molecule has 1 atom stereocenters. The second kappa shape index (κ2) is 6.93. The molecule has 4 nitrogen and oxygen atoms in total. The van der Waals surface area contributed by atoms with Crippen molar-refractivity contribution in [2.24, 2.45) is 0 Å². The SMILES string of the molecule is Cc1cccc([C@@H](NC(=O)c2cnc(C)nc2C)c2cccs2)c1. The van der Waals surface area contributed by atoms with Gasteiger partial charge in [0.1, 0.15) is 5.82 Å². The van der Waals surface area contributed by atoms with E-state index in [2.05, 4.69) is 34.3 Å². The first-order valence-corrected chi connectivity index (χ1v) is 8.63. The Kier molecular flexibility index (Phi) is 4.71. The number of aryl methyl sites for hydroxylation is 3. The van der Waals surface area contributed by atoms with Crippen LogP contribution in [0.5, 0.6) is 0 Å². The number of thiophene rings is 1. The zero-order chi connectivity index (χ0) is 17.1. The maximum atomic E-state index is 12.8. The summed E-state index contributed by atoms with van der Waals surface area (Å²) in [6.45, 7) is 5.70. The zero-order valence-electron chi connectivity index (χ0n) is 13.9. The maximum absolute atomic E-state index is 12.8. The molecule has 3 rings (SSSR count). The second-order valence-electron chi connectivity index (χ2n) is 5.75. The summed E-state index contributed by atoms with van der Waals surface area (Å²) in [5, 5.41) is 5.15. The van der Waals surface area contributed by atoms with Gasteiger partial charge in [-0.05, 0) is 37.8 Å². The number of amides is 1. The monoisotopic (exact) mass is 337 g/mol. The Morgan fingerprint density at radius 1 is 1.17 bits per heavy atom. The quantitative estimate of drug-likeness (QED) is 0.783. The summed E-state index contributed by atoms with van der Waals surface area (Å²) < 4.78 is 0. The van der Waals surface area contributed by atoms with Gasteiger partial charge < -0.3 is 5.32 Å². The second-order valence-corrected chi connectivity index (χ2v) is 6.73. The van der Waals surface area contributed by atoms with Crippen LogP contribution < -0.4 is 5.32 Å². The Labute approximate surface area is 145 Å². The van der Waals surface area contributed by atoms with Gasteiger partial charge in [-0.3, -0.25) is 4.79 Å². The first-order valence-electron chi connectivity index (χ1n) is 7.75. The number of hydrogen-bond acceptors (Lipinski definition) is 4. The van der Waals surface area contributed by atoms with Crippen molar-refractivity contribution in [2.75, 3.05) is 0 Å². The molecule has 0 aliphatic carbocycles. The normalized spacial score (nSPS) is 12.0. The summed E-state index contributed by atoms with van der Waals surface area (Å²) in [5.41, 5.74) is 3.43. The van der Waals surface area contributed by atoms with Gasteiger partial charge in [-0.25, -0.2) is 9.97 Å². The summed E-state index contributed by atoms with van der Waals surface area (Å²) in [7, 11) is 0. The molecule has 0 saturated heterocycles. The third-order valence-corrected chi connectivity index (χ3v) is 4.76. The average Bonchev–Trinajstić information content (AvgIpc) is 3.06. The van der Waals surface area contributed by atoms with E-state index in [1.807, 2.05) is 43.5 Å². The molecule has 0 saturated carbocycles. The van der Waals surface area contributed by atoms with Gasteiger partial charge in [0, 0.05) is 11.1 Å². The highest BCUT2D eigenvalue weighted by molar-refractivity contribution is 7.10. The number of carbonyl (C=O) groups is 1. The minimum Gasteiger partial charge on any atom is -0.340 e. The van der Waals surface area contributed by atoms with Gasteiger partial charge in [-0.15, -0.1) is 11.3 Å². The molecule has 2 heterocycles. The third kappa shape index (κ3) is 3.51. The Morgan fingerprint density at radius 3 is 2.67 bits per heavy atom. The molecule has 5 heteroatoms. The molecule has 122 valence electrons. The molecule has 0 aliphatic heterocycles. The predicted molar refractivity (Wildman–Crippen MR) is 96.3 cm³/mol. The van der Waals surface area contributed by atoms with Crippen molar-refractivity contribution in [1.29, 1.82) is 0 Å². The zero-order valence-corrected chi connectivity index (χ0v) is 14.7. The van der Waals surface area contributed by atoms with Crippen LogP contribution >= 0.6 is 11.3 Å². The molecule has 2 aromatic heterocycles. The fourth-order valence-corrected chi connectivity index (χ4v) is 3.44. The standard InChI is InChI=1S/C19H19N3OS/c1-12-6-4-7-15(10-12)18(17-8-5-9-24-17)22-19(23)16-11-20-14(3)21-13(16)2/h4-11,18H,1-3H3,(H,22,23)/t18-/m1/s1. The summed E-state index contributed by atoms with van der Waals surface area (Å²) in [4.78, 5) is 22.3. The van der Waals surface area contributed by atoms with Crippen LogP contribution in [0.25, 0.3) is 0 Å². The van der Waals surface area contributed by atoms with E-state index in [1.165, 1.54) is 0 Å². The molecule has 1 aromatic carbocycles. The van der Waals surface area contributed by atoms with Gasteiger partial charge in [0.2, 0.25) is 0 Å². The highest BCUT2D eigenvalue weighted by Gasteiger charge is 2.20. The van der Waals surface area contributed by atoms with Crippen LogP contribution in [0, 0.1) is 20.8 Å². The van der Waals surface area contributed by atoms with Crippen LogP contribution in [0.3, 0.4) is 0 Å².